The van der Waals surface area contributed by atoms with Crippen LogP contribution < -0.4 is 12.3 Å². The Balaban J connectivity index is -0.000000202. The summed E-state index contributed by atoms with van der Waals surface area (Å²) in [5.41, 5.74) is 0. The molecule has 0 aliphatic rings. The second-order valence-electron chi connectivity index (χ2n) is 6.46. The van der Waals surface area contributed by atoms with Gasteiger partial charge in [-0.15, -0.1) is 0 Å². The van der Waals surface area contributed by atoms with Gasteiger partial charge in [0.05, 0.1) is 0 Å². The third kappa shape index (κ3) is 41.3. The van der Waals surface area contributed by atoms with Crippen LogP contribution >= 0.6 is 0 Å². The van der Waals surface area contributed by atoms with Crippen LogP contribution in [0.4, 0.5) is 0 Å². The lowest BCUT2D eigenvalue weighted by atomic mass is 10.1. The van der Waals surface area contributed by atoms with Gasteiger partial charge in [-0.25, -0.2) is 0 Å². The van der Waals surface area contributed by atoms with Gasteiger partial charge in [0, 0.05) is 25.7 Å². The summed E-state index contributed by atoms with van der Waals surface area (Å²) in [4.78, 5) is 40.5. The summed E-state index contributed by atoms with van der Waals surface area (Å²) in [5, 5.41) is 33.3. The zero-order valence-corrected chi connectivity index (χ0v) is 17.4. The van der Waals surface area contributed by atoms with Gasteiger partial charge in [-0.05, 0) is 25.7 Å². The van der Waals surface area contributed by atoms with E-state index in [1.165, 1.54) is 0 Å². The molecule has 0 aromatic carbocycles. The molecule has 0 heterocycles. The number of carbonyl (C=O) groups is 4. The number of carboxylic acid groups (broad SMARTS) is 4. The predicted molar refractivity (Wildman–Crippen MR) is 110 cm³/mol. The first-order valence-electron chi connectivity index (χ1n) is 9.63. The molecule has 10 nitrogen and oxygen atoms in total. The lowest BCUT2D eigenvalue weighted by Crippen LogP contribution is -1.95. The van der Waals surface area contributed by atoms with Crippen molar-refractivity contribution in [3.8, 4) is 0 Å². The molecule has 0 rings (SSSR count). The van der Waals surface area contributed by atoms with Gasteiger partial charge in [0.25, 0.3) is 0 Å². The average molecular weight is 425 g/mol. The van der Waals surface area contributed by atoms with Crippen molar-refractivity contribution in [1.82, 2.24) is 12.3 Å². The Bertz CT molecular complexity index is 392. The third-order valence-electron chi connectivity index (χ3n) is 3.81. The zero-order chi connectivity index (χ0) is 20.9. The van der Waals surface area contributed by atoms with Crippen LogP contribution in [0.3, 0.4) is 0 Å². The number of unbranched alkanes of at least 4 members (excludes halogenated alkanes) is 9. The van der Waals surface area contributed by atoms with E-state index in [2.05, 4.69) is 0 Å². The number of hydrogen-bond donors (Lipinski definition) is 6. The molecule has 10 heteroatoms. The molecule has 0 aromatic rings. The summed E-state index contributed by atoms with van der Waals surface area (Å²) in [7, 11) is 0. The Kier molecular flexibility index (Phi) is 30.5. The summed E-state index contributed by atoms with van der Waals surface area (Å²) in [6.07, 6.45) is 10.4. The van der Waals surface area contributed by atoms with Crippen LogP contribution in [0.5, 0.6) is 0 Å². The lowest BCUT2D eigenvalue weighted by molar-refractivity contribution is -0.138. The quantitative estimate of drug-likeness (QED) is 0.179. The fourth-order valence-corrected chi connectivity index (χ4v) is 2.34. The highest BCUT2D eigenvalue weighted by Gasteiger charge is 1.99. The van der Waals surface area contributed by atoms with Crippen molar-refractivity contribution < 1.29 is 39.6 Å². The predicted octanol–water partition coefficient (Wildman–Crippen LogP) is 4.49. The first-order valence-corrected chi connectivity index (χ1v) is 9.63. The van der Waals surface area contributed by atoms with Gasteiger partial charge >= 0.3 is 23.9 Å². The van der Waals surface area contributed by atoms with Crippen LogP contribution in [0.1, 0.15) is 96.3 Å². The Morgan fingerprint density at radius 1 is 0.345 bits per heavy atom. The molecule has 0 atom stereocenters. The minimum absolute atomic E-state index is 0. The molecule has 0 amide bonds. The highest BCUT2D eigenvalue weighted by atomic mass is 16.4. The molecule has 174 valence electrons. The molecule has 0 unspecified atom stereocenters. The van der Waals surface area contributed by atoms with E-state index in [0.717, 1.165) is 57.8 Å². The van der Waals surface area contributed by atoms with Crippen molar-refractivity contribution in [2.45, 2.75) is 96.3 Å². The second kappa shape index (κ2) is 25.8. The van der Waals surface area contributed by atoms with Gasteiger partial charge in [-0.3, -0.25) is 19.2 Å². The van der Waals surface area contributed by atoms with Crippen molar-refractivity contribution in [3.05, 3.63) is 0 Å². The maximum atomic E-state index is 10.1. The highest BCUT2D eigenvalue weighted by molar-refractivity contribution is 5.67. The fraction of sp³-hybridized carbons (Fsp3) is 0.789. The second-order valence-corrected chi connectivity index (χ2v) is 6.46. The maximum Gasteiger partial charge on any atom is 0.303 e. The van der Waals surface area contributed by atoms with E-state index in [1.54, 1.807) is 0 Å². The van der Waals surface area contributed by atoms with Gasteiger partial charge in [-0.1, -0.05) is 44.9 Å². The number of rotatable bonds is 17. The van der Waals surface area contributed by atoms with Gasteiger partial charge in [-0.2, -0.15) is 0 Å². The van der Waals surface area contributed by atoms with E-state index in [9.17, 15) is 19.2 Å². The average Bonchev–Trinajstić information content (AvgIpc) is 2.56. The molecule has 29 heavy (non-hydrogen) atoms. The van der Waals surface area contributed by atoms with E-state index < -0.39 is 23.9 Å². The van der Waals surface area contributed by atoms with Crippen molar-refractivity contribution in [3.63, 3.8) is 0 Å². The van der Waals surface area contributed by atoms with Gasteiger partial charge < -0.3 is 32.7 Å². The van der Waals surface area contributed by atoms with Gasteiger partial charge in [0.2, 0.25) is 0 Å². The summed E-state index contributed by atoms with van der Waals surface area (Å²) in [5.74, 6) is -3.00. The molecule has 0 saturated carbocycles. The van der Waals surface area contributed by atoms with Crippen LogP contribution in [0.15, 0.2) is 0 Å². The number of aliphatic carboxylic acids is 4. The fourth-order valence-electron chi connectivity index (χ4n) is 2.34. The molecule has 0 aromatic heterocycles. The Hall–Kier alpha value is -2.20. The molecular weight excluding hydrogens is 384 g/mol. The number of carboxylic acids is 4. The molecule has 0 saturated heterocycles. The normalized spacial score (nSPS) is 9.24. The summed E-state index contributed by atoms with van der Waals surface area (Å²) in [6, 6.07) is 0. The van der Waals surface area contributed by atoms with Crippen LogP contribution in [0, 0.1) is 0 Å². The van der Waals surface area contributed by atoms with Crippen LogP contribution in [-0.2, 0) is 19.2 Å². The topological polar surface area (TPSA) is 219 Å². The molecule has 0 aliphatic carbocycles. The van der Waals surface area contributed by atoms with Crippen LogP contribution in [0.25, 0.3) is 0 Å². The largest absolute Gasteiger partial charge is 0.481 e. The van der Waals surface area contributed by atoms with Gasteiger partial charge in [0.1, 0.15) is 0 Å². The SMILES string of the molecule is N.N.O=C(O)CCCCCCCC(=O)O.O=C(O)CCCCCCCCC(=O)O. The molecule has 10 N–H and O–H groups in total. The molecule has 0 bridgehead atoms. The third-order valence-corrected chi connectivity index (χ3v) is 3.81. The van der Waals surface area contributed by atoms with Crippen molar-refractivity contribution in [1.29, 1.82) is 0 Å². The monoisotopic (exact) mass is 424 g/mol. The van der Waals surface area contributed by atoms with Crippen molar-refractivity contribution >= 4 is 23.9 Å². The van der Waals surface area contributed by atoms with E-state index in [1.807, 2.05) is 0 Å². The number of hydrogen-bond acceptors (Lipinski definition) is 6. The molecular formula is C19H40N2O8. The van der Waals surface area contributed by atoms with Crippen molar-refractivity contribution in [2.24, 2.45) is 0 Å². The molecule has 0 radical (unpaired) electrons. The summed E-state index contributed by atoms with van der Waals surface area (Å²) >= 11 is 0. The minimum atomic E-state index is -0.759. The smallest absolute Gasteiger partial charge is 0.303 e. The van der Waals surface area contributed by atoms with Crippen molar-refractivity contribution in [2.75, 3.05) is 0 Å². The minimum Gasteiger partial charge on any atom is -0.481 e. The Labute approximate surface area is 172 Å². The maximum absolute atomic E-state index is 10.1. The summed E-state index contributed by atoms with van der Waals surface area (Å²) < 4.78 is 0. The standard InChI is InChI=1S/C10H18O4.C9H16O4.2H3N/c11-9(12)7-5-3-1-2-4-6-8-10(13)14;10-8(11)6-4-2-1-3-5-7-9(12)13;;/h1-8H2,(H,11,12)(H,13,14);1-7H2,(H,10,11)(H,12,13);2*1H3. The zero-order valence-electron chi connectivity index (χ0n) is 17.4. The summed E-state index contributed by atoms with van der Waals surface area (Å²) in [6.45, 7) is 0. The first kappa shape index (κ1) is 34.3. The van der Waals surface area contributed by atoms with E-state index >= 15 is 0 Å². The van der Waals surface area contributed by atoms with Crippen LogP contribution in [0.2, 0.25) is 0 Å². The van der Waals surface area contributed by atoms with Gasteiger partial charge in [0.15, 0.2) is 0 Å². The van der Waals surface area contributed by atoms with E-state index in [0.29, 0.717) is 12.8 Å². The first-order chi connectivity index (χ1) is 12.8. The molecule has 0 fully saturated rings. The van der Waals surface area contributed by atoms with E-state index in [-0.39, 0.29) is 38.0 Å². The highest BCUT2D eigenvalue weighted by Crippen LogP contribution is 2.08. The molecule has 0 aliphatic heterocycles. The Morgan fingerprint density at radius 2 is 0.483 bits per heavy atom. The molecule has 0 spiro atoms. The van der Waals surface area contributed by atoms with E-state index in [4.69, 9.17) is 20.4 Å². The Morgan fingerprint density at radius 3 is 0.621 bits per heavy atom. The van der Waals surface area contributed by atoms with Crippen LogP contribution in [-0.4, -0.2) is 44.3 Å². The lowest BCUT2D eigenvalue weighted by Gasteiger charge is -1.98.